The third-order valence-corrected chi connectivity index (χ3v) is 7.07. The fourth-order valence-corrected chi connectivity index (χ4v) is 5.14. The Hall–Kier alpha value is -3.10. The number of carbonyl (C=O) groups is 1. The Bertz CT molecular complexity index is 1280. The molecule has 31 heavy (non-hydrogen) atoms. The van der Waals surface area contributed by atoms with Gasteiger partial charge in [-0.15, -0.1) is 0 Å². The van der Waals surface area contributed by atoms with E-state index in [1.54, 1.807) is 36.4 Å². The molecule has 3 N–H and O–H groups in total. The van der Waals surface area contributed by atoms with Gasteiger partial charge >= 0.3 is 0 Å². The molecular formula is C22H20ClN3O4S. The SMILES string of the molecule is C[C@@H](Oc1cc(Cl)cnc1N)c1cccc(NC(=O)c2ccc3c(c2)S(=O)(=O)CC3)c1. The van der Waals surface area contributed by atoms with Crippen molar-refractivity contribution in [3.05, 3.63) is 76.4 Å². The third-order valence-electron chi connectivity index (χ3n) is 5.07. The Morgan fingerprint density at radius 1 is 1.23 bits per heavy atom. The molecule has 0 aliphatic carbocycles. The van der Waals surface area contributed by atoms with E-state index in [4.69, 9.17) is 22.1 Å². The van der Waals surface area contributed by atoms with Gasteiger partial charge in [-0.3, -0.25) is 4.79 Å². The number of benzene rings is 2. The number of nitrogens with zero attached hydrogens (tertiary/aromatic N) is 1. The largest absolute Gasteiger partial charge is 0.482 e. The fourth-order valence-electron chi connectivity index (χ4n) is 3.40. The average Bonchev–Trinajstić information content (AvgIpc) is 3.05. The van der Waals surface area contributed by atoms with Crippen molar-refractivity contribution in [1.29, 1.82) is 0 Å². The minimum atomic E-state index is -3.31. The lowest BCUT2D eigenvalue weighted by molar-refractivity contribution is 0.102. The number of nitrogens with two attached hydrogens (primary N) is 1. The molecule has 2 aromatic carbocycles. The number of aromatic nitrogens is 1. The van der Waals surface area contributed by atoms with Crippen molar-refractivity contribution in [3.63, 3.8) is 0 Å². The van der Waals surface area contributed by atoms with Crippen LogP contribution in [0.3, 0.4) is 0 Å². The third kappa shape index (κ3) is 4.50. The van der Waals surface area contributed by atoms with Gasteiger partial charge in [0.05, 0.1) is 15.7 Å². The summed E-state index contributed by atoms with van der Waals surface area (Å²) in [6.07, 6.45) is 1.53. The summed E-state index contributed by atoms with van der Waals surface area (Å²) in [5.41, 5.74) is 8.23. The topological polar surface area (TPSA) is 111 Å². The lowest BCUT2D eigenvalue weighted by atomic mass is 10.1. The second kappa shape index (κ2) is 8.20. The summed E-state index contributed by atoms with van der Waals surface area (Å²) in [6, 6.07) is 13.5. The van der Waals surface area contributed by atoms with E-state index in [2.05, 4.69) is 10.3 Å². The van der Waals surface area contributed by atoms with Gasteiger partial charge in [0.25, 0.3) is 5.91 Å². The first-order chi connectivity index (χ1) is 14.7. The van der Waals surface area contributed by atoms with Gasteiger partial charge in [0, 0.05) is 23.5 Å². The molecule has 9 heteroatoms. The number of hydrogen-bond donors (Lipinski definition) is 2. The summed E-state index contributed by atoms with van der Waals surface area (Å²) in [7, 11) is -3.31. The van der Waals surface area contributed by atoms with Crippen LogP contribution in [0.4, 0.5) is 11.5 Å². The van der Waals surface area contributed by atoms with Crippen molar-refractivity contribution in [2.24, 2.45) is 0 Å². The van der Waals surface area contributed by atoms with E-state index >= 15 is 0 Å². The van der Waals surface area contributed by atoms with Crippen LogP contribution in [0.15, 0.2) is 59.6 Å². The molecule has 0 fully saturated rings. The van der Waals surface area contributed by atoms with Crippen LogP contribution in [0.2, 0.25) is 5.02 Å². The molecule has 3 aromatic rings. The van der Waals surface area contributed by atoms with Gasteiger partial charge < -0.3 is 15.8 Å². The quantitative estimate of drug-likeness (QED) is 0.598. The molecule has 0 bridgehead atoms. The normalized spacial score (nSPS) is 15.2. The molecule has 160 valence electrons. The van der Waals surface area contributed by atoms with Crippen LogP contribution in [0, 0.1) is 0 Å². The van der Waals surface area contributed by atoms with Gasteiger partial charge in [0.15, 0.2) is 21.4 Å². The standard InChI is InChI=1S/C22H20ClN3O4S/c1-13(30-19-11-17(23)12-25-21(19)24)15-3-2-4-18(9-15)26-22(27)16-6-5-14-7-8-31(28,29)20(14)10-16/h2-6,9-13H,7-8H2,1H3,(H2,24,25)(H,26,27)/t13-/m1/s1. The first kappa shape index (κ1) is 21.1. The van der Waals surface area contributed by atoms with Gasteiger partial charge in [0.2, 0.25) is 0 Å². The number of nitrogen functional groups attached to an aromatic ring is 1. The molecule has 2 heterocycles. The molecule has 1 aliphatic heterocycles. The summed E-state index contributed by atoms with van der Waals surface area (Å²) in [5, 5.41) is 3.22. The highest BCUT2D eigenvalue weighted by Gasteiger charge is 2.27. The molecule has 0 radical (unpaired) electrons. The maximum atomic E-state index is 12.7. The zero-order valence-corrected chi connectivity index (χ0v) is 18.2. The number of rotatable bonds is 5. The molecule has 1 amide bonds. The molecule has 1 aromatic heterocycles. The number of carbonyl (C=O) groups excluding carboxylic acids is 1. The monoisotopic (exact) mass is 457 g/mol. The molecule has 7 nitrogen and oxygen atoms in total. The van der Waals surface area contributed by atoms with Crippen molar-refractivity contribution in [1.82, 2.24) is 4.98 Å². The van der Waals surface area contributed by atoms with Gasteiger partial charge in [-0.1, -0.05) is 29.8 Å². The van der Waals surface area contributed by atoms with Crippen molar-refractivity contribution in [3.8, 4) is 5.75 Å². The molecular weight excluding hydrogens is 438 g/mol. The van der Waals surface area contributed by atoms with E-state index in [-0.39, 0.29) is 34.0 Å². The average molecular weight is 458 g/mol. The van der Waals surface area contributed by atoms with Crippen molar-refractivity contribution >= 4 is 38.9 Å². The Labute approximate surface area is 185 Å². The molecule has 1 atom stereocenters. The van der Waals surface area contributed by atoms with Gasteiger partial charge in [-0.2, -0.15) is 0 Å². The number of halogens is 1. The summed E-state index contributed by atoms with van der Waals surface area (Å²) in [6.45, 7) is 1.84. The Kier molecular flexibility index (Phi) is 5.60. The van der Waals surface area contributed by atoms with Gasteiger partial charge in [-0.25, -0.2) is 13.4 Å². The number of amides is 1. The predicted octanol–water partition coefficient (Wildman–Crippen LogP) is 4.04. The first-order valence-electron chi connectivity index (χ1n) is 9.57. The van der Waals surface area contributed by atoms with Crippen LogP contribution in [0.1, 0.15) is 34.5 Å². The Morgan fingerprint density at radius 2 is 2.03 bits per heavy atom. The molecule has 4 rings (SSSR count). The zero-order valence-electron chi connectivity index (χ0n) is 16.6. The van der Waals surface area contributed by atoms with Crippen LogP contribution in [-0.2, 0) is 16.3 Å². The Morgan fingerprint density at radius 3 is 2.84 bits per heavy atom. The van der Waals surface area contributed by atoms with E-state index in [9.17, 15) is 13.2 Å². The fraction of sp³-hybridized carbons (Fsp3) is 0.182. The Balaban J connectivity index is 1.51. The van der Waals surface area contributed by atoms with Gasteiger partial charge in [-0.05, 0) is 48.7 Å². The summed E-state index contributed by atoms with van der Waals surface area (Å²) in [5.74, 6) is 0.292. The van der Waals surface area contributed by atoms with Gasteiger partial charge in [0.1, 0.15) is 6.10 Å². The molecule has 0 spiro atoms. The highest BCUT2D eigenvalue weighted by Crippen LogP contribution is 2.30. The van der Waals surface area contributed by atoms with E-state index in [1.165, 1.54) is 12.3 Å². The molecule has 0 saturated carbocycles. The number of sulfone groups is 1. The van der Waals surface area contributed by atoms with Crippen LogP contribution in [0.5, 0.6) is 5.75 Å². The summed E-state index contributed by atoms with van der Waals surface area (Å²) >= 11 is 5.96. The highest BCUT2D eigenvalue weighted by molar-refractivity contribution is 7.91. The van der Waals surface area contributed by atoms with Crippen LogP contribution >= 0.6 is 11.6 Å². The lowest BCUT2D eigenvalue weighted by Gasteiger charge is -2.17. The number of ether oxygens (including phenoxy) is 1. The van der Waals surface area contributed by atoms with E-state index in [0.29, 0.717) is 22.9 Å². The molecule has 0 unspecified atom stereocenters. The first-order valence-corrected chi connectivity index (χ1v) is 11.6. The second-order valence-electron chi connectivity index (χ2n) is 7.27. The number of anilines is 2. The number of hydrogen-bond acceptors (Lipinski definition) is 6. The maximum Gasteiger partial charge on any atom is 0.255 e. The summed E-state index contributed by atoms with van der Waals surface area (Å²) < 4.78 is 30.1. The van der Waals surface area contributed by atoms with Crippen molar-refractivity contribution in [2.75, 3.05) is 16.8 Å². The number of aryl methyl sites for hydroxylation is 1. The predicted molar refractivity (Wildman–Crippen MR) is 119 cm³/mol. The summed E-state index contributed by atoms with van der Waals surface area (Å²) in [4.78, 5) is 16.9. The van der Waals surface area contributed by atoms with E-state index in [0.717, 1.165) is 11.1 Å². The minimum absolute atomic E-state index is 0.0833. The maximum absolute atomic E-state index is 12.7. The van der Waals surface area contributed by atoms with Crippen LogP contribution < -0.4 is 15.8 Å². The van der Waals surface area contributed by atoms with E-state index < -0.39 is 9.84 Å². The highest BCUT2D eigenvalue weighted by atomic mass is 35.5. The van der Waals surface area contributed by atoms with Crippen LogP contribution in [-0.4, -0.2) is 25.1 Å². The zero-order chi connectivity index (χ0) is 22.2. The minimum Gasteiger partial charge on any atom is -0.482 e. The molecule has 0 saturated heterocycles. The number of pyridine rings is 1. The van der Waals surface area contributed by atoms with Crippen LogP contribution in [0.25, 0.3) is 0 Å². The smallest absolute Gasteiger partial charge is 0.255 e. The lowest BCUT2D eigenvalue weighted by Crippen LogP contribution is -2.13. The van der Waals surface area contributed by atoms with E-state index in [1.807, 2.05) is 13.0 Å². The second-order valence-corrected chi connectivity index (χ2v) is 9.78. The molecule has 1 aliphatic rings. The van der Waals surface area contributed by atoms with Crippen molar-refractivity contribution < 1.29 is 17.9 Å². The van der Waals surface area contributed by atoms with Crippen molar-refractivity contribution in [2.45, 2.75) is 24.3 Å². The number of fused-ring (bicyclic) bond motifs is 1. The number of nitrogens with one attached hydrogen (secondary N) is 1.